The first-order valence-electron chi connectivity index (χ1n) is 6.93. The molecule has 0 radical (unpaired) electrons. The summed E-state index contributed by atoms with van der Waals surface area (Å²) in [5, 5.41) is 8.82. The summed E-state index contributed by atoms with van der Waals surface area (Å²) >= 11 is 0. The normalized spacial score (nSPS) is 11.0. The number of hydrogen-bond donors (Lipinski definition) is 1. The van der Waals surface area contributed by atoms with Gasteiger partial charge in [0, 0.05) is 13.1 Å². The average Bonchev–Trinajstić information content (AvgIpc) is 2.34. The Morgan fingerprint density at radius 2 is 1.86 bits per heavy atom. The molecule has 0 aliphatic heterocycles. The maximum absolute atomic E-state index is 12.2. The minimum Gasteiger partial charge on any atom is -0.481 e. The van der Waals surface area contributed by atoms with Crippen molar-refractivity contribution in [2.75, 3.05) is 6.54 Å². The topological polar surface area (TPSA) is 66.8 Å². The van der Waals surface area contributed by atoms with E-state index in [0.717, 1.165) is 11.1 Å². The molecule has 1 N–H and O–H groups in total. The van der Waals surface area contributed by atoms with E-state index in [4.69, 9.17) is 9.84 Å². The first-order valence-corrected chi connectivity index (χ1v) is 6.93. The van der Waals surface area contributed by atoms with Crippen LogP contribution in [0.5, 0.6) is 0 Å². The number of aryl methyl sites for hydroxylation is 1. The first kappa shape index (κ1) is 17.0. The van der Waals surface area contributed by atoms with Gasteiger partial charge in [-0.3, -0.25) is 4.79 Å². The summed E-state index contributed by atoms with van der Waals surface area (Å²) in [5.74, 6) is -0.937. The van der Waals surface area contributed by atoms with Crippen LogP contribution in [0.25, 0.3) is 0 Å². The molecule has 5 nitrogen and oxygen atoms in total. The number of benzene rings is 1. The lowest BCUT2D eigenvalue weighted by atomic mass is 10.1. The Balaban J connectivity index is 2.84. The molecule has 0 spiro atoms. The molecular formula is C16H23NO4. The van der Waals surface area contributed by atoms with Crippen LogP contribution < -0.4 is 0 Å². The van der Waals surface area contributed by atoms with E-state index in [1.165, 1.54) is 4.90 Å². The van der Waals surface area contributed by atoms with Crippen molar-refractivity contribution in [3.8, 4) is 0 Å². The van der Waals surface area contributed by atoms with E-state index < -0.39 is 17.7 Å². The number of carboxylic acid groups (broad SMARTS) is 1. The largest absolute Gasteiger partial charge is 0.481 e. The zero-order valence-corrected chi connectivity index (χ0v) is 13.0. The van der Waals surface area contributed by atoms with E-state index in [1.54, 1.807) is 20.8 Å². The number of carboxylic acids is 1. The van der Waals surface area contributed by atoms with Crippen LogP contribution >= 0.6 is 0 Å². The molecule has 5 heteroatoms. The van der Waals surface area contributed by atoms with E-state index in [1.807, 2.05) is 31.2 Å². The lowest BCUT2D eigenvalue weighted by Gasteiger charge is -2.27. The molecular weight excluding hydrogens is 270 g/mol. The maximum atomic E-state index is 12.2. The van der Waals surface area contributed by atoms with Gasteiger partial charge in [-0.25, -0.2) is 4.79 Å². The molecule has 0 saturated heterocycles. The SMILES string of the molecule is Cc1ccccc1CN(CCC(=O)O)C(=O)OC(C)(C)C. The fraction of sp³-hybridized carbons (Fsp3) is 0.500. The number of carbonyl (C=O) groups excluding carboxylic acids is 1. The van der Waals surface area contributed by atoms with Gasteiger partial charge in [0.15, 0.2) is 0 Å². The monoisotopic (exact) mass is 293 g/mol. The van der Waals surface area contributed by atoms with E-state index in [9.17, 15) is 9.59 Å². The molecule has 0 atom stereocenters. The number of carbonyl (C=O) groups is 2. The molecule has 0 aliphatic carbocycles. The summed E-state index contributed by atoms with van der Waals surface area (Å²) in [4.78, 5) is 24.4. The smallest absolute Gasteiger partial charge is 0.410 e. The number of hydrogen-bond acceptors (Lipinski definition) is 3. The van der Waals surface area contributed by atoms with Crippen LogP contribution in [0.1, 0.15) is 38.3 Å². The van der Waals surface area contributed by atoms with Gasteiger partial charge in [-0.05, 0) is 38.8 Å². The minimum atomic E-state index is -0.937. The highest BCUT2D eigenvalue weighted by atomic mass is 16.6. The summed E-state index contributed by atoms with van der Waals surface area (Å²) in [6, 6.07) is 7.70. The number of rotatable bonds is 5. The summed E-state index contributed by atoms with van der Waals surface area (Å²) in [5.41, 5.74) is 1.43. The fourth-order valence-corrected chi connectivity index (χ4v) is 1.79. The third kappa shape index (κ3) is 6.29. The highest BCUT2D eigenvalue weighted by Crippen LogP contribution is 2.15. The minimum absolute atomic E-state index is 0.106. The molecule has 1 aromatic rings. The Morgan fingerprint density at radius 3 is 2.38 bits per heavy atom. The summed E-state index contributed by atoms with van der Waals surface area (Å²) in [6.07, 6.45) is -0.600. The third-order valence-corrected chi connectivity index (χ3v) is 2.87. The summed E-state index contributed by atoms with van der Waals surface area (Å²) in [6.45, 7) is 7.78. The van der Waals surface area contributed by atoms with E-state index in [0.29, 0.717) is 6.54 Å². The van der Waals surface area contributed by atoms with Crippen LogP contribution in [0, 0.1) is 6.92 Å². The van der Waals surface area contributed by atoms with Crippen molar-refractivity contribution in [1.29, 1.82) is 0 Å². The molecule has 21 heavy (non-hydrogen) atoms. The van der Waals surface area contributed by atoms with Crippen molar-refractivity contribution < 1.29 is 19.4 Å². The molecule has 1 rings (SSSR count). The van der Waals surface area contributed by atoms with Crippen molar-refractivity contribution >= 4 is 12.1 Å². The van der Waals surface area contributed by atoms with Crippen molar-refractivity contribution in [2.45, 2.75) is 46.3 Å². The predicted octanol–water partition coefficient (Wildman–Crippen LogP) is 3.21. The molecule has 0 fully saturated rings. The van der Waals surface area contributed by atoms with Gasteiger partial charge >= 0.3 is 12.1 Å². The Labute approximate surface area is 125 Å². The molecule has 0 aliphatic rings. The number of amides is 1. The molecule has 1 aromatic carbocycles. The van der Waals surface area contributed by atoms with Gasteiger partial charge in [-0.15, -0.1) is 0 Å². The van der Waals surface area contributed by atoms with Crippen LogP contribution in [0.2, 0.25) is 0 Å². The van der Waals surface area contributed by atoms with Crippen molar-refractivity contribution in [3.63, 3.8) is 0 Å². The number of ether oxygens (including phenoxy) is 1. The molecule has 0 aromatic heterocycles. The molecule has 116 valence electrons. The van der Waals surface area contributed by atoms with Crippen molar-refractivity contribution in [1.82, 2.24) is 4.90 Å². The van der Waals surface area contributed by atoms with Crippen molar-refractivity contribution in [2.24, 2.45) is 0 Å². The summed E-state index contributed by atoms with van der Waals surface area (Å²) < 4.78 is 5.34. The van der Waals surface area contributed by atoms with Gasteiger partial charge < -0.3 is 14.7 Å². The lowest BCUT2D eigenvalue weighted by molar-refractivity contribution is -0.137. The standard InChI is InChI=1S/C16H23NO4/c1-12-7-5-6-8-13(12)11-17(10-9-14(18)19)15(20)21-16(2,3)4/h5-8H,9-11H2,1-4H3,(H,18,19). The van der Waals surface area contributed by atoms with Crippen LogP contribution in [-0.4, -0.2) is 34.2 Å². The van der Waals surface area contributed by atoms with Crippen LogP contribution in [0.3, 0.4) is 0 Å². The Kier molecular flexibility index (Phi) is 5.76. The van der Waals surface area contributed by atoms with Gasteiger partial charge in [0.1, 0.15) is 5.60 Å². The zero-order chi connectivity index (χ0) is 16.0. The Bertz CT molecular complexity index is 505. The number of aliphatic carboxylic acids is 1. The van der Waals surface area contributed by atoms with E-state index in [2.05, 4.69) is 0 Å². The molecule has 0 bridgehead atoms. The van der Waals surface area contributed by atoms with Gasteiger partial charge in [0.05, 0.1) is 6.42 Å². The molecule has 0 unspecified atom stereocenters. The second-order valence-corrected chi connectivity index (χ2v) is 5.97. The quantitative estimate of drug-likeness (QED) is 0.905. The van der Waals surface area contributed by atoms with Gasteiger partial charge in [0.2, 0.25) is 0 Å². The van der Waals surface area contributed by atoms with Crippen LogP contribution in [-0.2, 0) is 16.1 Å². The Hall–Kier alpha value is -2.04. The fourth-order valence-electron chi connectivity index (χ4n) is 1.79. The van der Waals surface area contributed by atoms with Crippen LogP contribution in [0.15, 0.2) is 24.3 Å². The molecule has 0 heterocycles. The third-order valence-electron chi connectivity index (χ3n) is 2.87. The van der Waals surface area contributed by atoms with E-state index >= 15 is 0 Å². The maximum Gasteiger partial charge on any atom is 0.410 e. The highest BCUT2D eigenvalue weighted by molar-refractivity contribution is 5.71. The average molecular weight is 293 g/mol. The lowest BCUT2D eigenvalue weighted by Crippen LogP contribution is -2.37. The predicted molar refractivity (Wildman–Crippen MR) is 80.1 cm³/mol. The van der Waals surface area contributed by atoms with Crippen molar-refractivity contribution in [3.05, 3.63) is 35.4 Å². The highest BCUT2D eigenvalue weighted by Gasteiger charge is 2.23. The van der Waals surface area contributed by atoms with Gasteiger partial charge in [0.25, 0.3) is 0 Å². The second-order valence-electron chi connectivity index (χ2n) is 5.97. The first-order chi connectivity index (χ1) is 9.69. The van der Waals surface area contributed by atoms with Gasteiger partial charge in [-0.2, -0.15) is 0 Å². The second kappa shape index (κ2) is 7.11. The van der Waals surface area contributed by atoms with E-state index in [-0.39, 0.29) is 13.0 Å². The van der Waals surface area contributed by atoms with Crippen LogP contribution in [0.4, 0.5) is 4.79 Å². The summed E-state index contributed by atoms with van der Waals surface area (Å²) in [7, 11) is 0. The molecule has 1 amide bonds. The molecule has 0 saturated carbocycles. The number of nitrogens with zero attached hydrogens (tertiary/aromatic N) is 1. The zero-order valence-electron chi connectivity index (χ0n) is 13.0. The van der Waals surface area contributed by atoms with Gasteiger partial charge in [-0.1, -0.05) is 24.3 Å². The Morgan fingerprint density at radius 1 is 1.24 bits per heavy atom.